The Bertz CT molecular complexity index is 1190. The molecule has 1 saturated carbocycles. The van der Waals surface area contributed by atoms with Crippen molar-refractivity contribution in [3.8, 4) is 5.88 Å². The third kappa shape index (κ3) is 3.98. The van der Waals surface area contributed by atoms with Crippen LogP contribution in [0.25, 0.3) is 5.65 Å². The number of aromatic hydroxyl groups is 1. The number of nitrogens with zero attached hydrogens (tertiary/aromatic N) is 5. The maximum absolute atomic E-state index is 13.0. The highest BCUT2D eigenvalue weighted by Crippen LogP contribution is 2.27. The number of hydrogen-bond acceptors (Lipinski definition) is 7. The number of fused-ring (bicyclic) bond motifs is 1. The van der Waals surface area contributed by atoms with Crippen molar-refractivity contribution in [2.75, 3.05) is 5.32 Å². The molecule has 10 heteroatoms. The van der Waals surface area contributed by atoms with Gasteiger partial charge in [-0.3, -0.25) is 14.2 Å². The summed E-state index contributed by atoms with van der Waals surface area (Å²) in [6.07, 6.45) is 3.36. The van der Waals surface area contributed by atoms with E-state index in [0.717, 1.165) is 17.4 Å². The average Bonchev–Trinajstić information content (AvgIpc) is 3.34. The second-order valence-corrected chi connectivity index (χ2v) is 8.81. The Hall–Kier alpha value is -3.43. The molecule has 1 amide bonds. The molecular formula is C20H25N7O3. The maximum Gasteiger partial charge on any atom is 0.291 e. The fraction of sp³-hybridized carbons (Fsp3) is 0.450. The third-order valence-corrected chi connectivity index (χ3v) is 4.66. The number of carbonyl (C=O) groups excluding carboxylic acids is 1. The molecule has 0 unspecified atom stereocenters. The molecule has 0 aliphatic heterocycles. The van der Waals surface area contributed by atoms with Gasteiger partial charge >= 0.3 is 0 Å². The zero-order chi connectivity index (χ0) is 21.6. The molecule has 30 heavy (non-hydrogen) atoms. The van der Waals surface area contributed by atoms with E-state index >= 15 is 0 Å². The van der Waals surface area contributed by atoms with E-state index < -0.39 is 11.5 Å². The first-order chi connectivity index (χ1) is 14.1. The summed E-state index contributed by atoms with van der Waals surface area (Å²) in [6, 6.07) is 3.39. The SMILES string of the molecule is Cc1nccc(Nc2cc3n(CC(C)(C)C)c(O)c(C(=O)NC4CC4)c(=O)n3n2)n1. The quantitative estimate of drug-likeness (QED) is 0.586. The highest BCUT2D eigenvalue weighted by atomic mass is 16.3. The van der Waals surface area contributed by atoms with Gasteiger partial charge in [-0.25, -0.2) is 9.97 Å². The van der Waals surface area contributed by atoms with Crippen molar-refractivity contribution in [2.45, 2.75) is 53.1 Å². The summed E-state index contributed by atoms with van der Waals surface area (Å²) >= 11 is 0. The molecule has 158 valence electrons. The van der Waals surface area contributed by atoms with Crippen LogP contribution in [0.3, 0.4) is 0 Å². The van der Waals surface area contributed by atoms with E-state index in [-0.39, 0.29) is 22.9 Å². The van der Waals surface area contributed by atoms with Crippen LogP contribution in [0.1, 0.15) is 49.8 Å². The third-order valence-electron chi connectivity index (χ3n) is 4.66. The number of aromatic nitrogens is 5. The minimum Gasteiger partial charge on any atom is -0.494 e. The van der Waals surface area contributed by atoms with E-state index in [1.165, 1.54) is 0 Å². The number of amides is 1. The van der Waals surface area contributed by atoms with Crippen LogP contribution < -0.4 is 16.2 Å². The van der Waals surface area contributed by atoms with Crippen molar-refractivity contribution >= 4 is 23.2 Å². The molecule has 0 bridgehead atoms. The molecule has 0 spiro atoms. The molecular weight excluding hydrogens is 386 g/mol. The van der Waals surface area contributed by atoms with Gasteiger partial charge in [-0.1, -0.05) is 20.8 Å². The Labute approximate surface area is 173 Å². The molecule has 1 fully saturated rings. The summed E-state index contributed by atoms with van der Waals surface area (Å²) < 4.78 is 2.69. The molecule has 0 atom stereocenters. The van der Waals surface area contributed by atoms with Crippen LogP contribution in [0.2, 0.25) is 0 Å². The Morgan fingerprint density at radius 1 is 1.30 bits per heavy atom. The van der Waals surface area contributed by atoms with Crippen LogP contribution in [0.4, 0.5) is 11.6 Å². The molecule has 0 radical (unpaired) electrons. The van der Waals surface area contributed by atoms with Crippen molar-refractivity contribution in [1.29, 1.82) is 0 Å². The Kier molecular flexibility index (Phi) is 4.71. The monoisotopic (exact) mass is 411 g/mol. The lowest BCUT2D eigenvalue weighted by molar-refractivity contribution is 0.0944. The number of aryl methyl sites for hydroxylation is 1. The Morgan fingerprint density at radius 3 is 2.67 bits per heavy atom. The number of nitrogens with one attached hydrogen (secondary N) is 2. The van der Waals surface area contributed by atoms with E-state index in [4.69, 9.17) is 0 Å². The smallest absolute Gasteiger partial charge is 0.291 e. The van der Waals surface area contributed by atoms with Crippen LogP contribution in [-0.4, -0.2) is 41.2 Å². The molecule has 1 aliphatic carbocycles. The number of carbonyl (C=O) groups is 1. The highest BCUT2D eigenvalue weighted by Gasteiger charge is 2.30. The first kappa shape index (κ1) is 19.9. The minimum absolute atomic E-state index is 0.0546. The number of hydrogen-bond donors (Lipinski definition) is 3. The Morgan fingerprint density at radius 2 is 2.03 bits per heavy atom. The van der Waals surface area contributed by atoms with Crippen LogP contribution in [0.5, 0.6) is 5.88 Å². The first-order valence-electron chi connectivity index (χ1n) is 9.85. The van der Waals surface area contributed by atoms with Gasteiger partial charge in [0.25, 0.3) is 11.5 Å². The van der Waals surface area contributed by atoms with Gasteiger partial charge in [-0.05, 0) is 31.2 Å². The van der Waals surface area contributed by atoms with Gasteiger partial charge in [0, 0.05) is 24.8 Å². The molecule has 3 aromatic rings. The molecule has 0 saturated heterocycles. The molecule has 3 heterocycles. The summed E-state index contributed by atoms with van der Waals surface area (Å²) in [5.74, 6) is 0.544. The van der Waals surface area contributed by atoms with E-state index in [1.54, 1.807) is 29.8 Å². The summed E-state index contributed by atoms with van der Waals surface area (Å²) in [5, 5.41) is 21.0. The van der Waals surface area contributed by atoms with Crippen molar-refractivity contribution < 1.29 is 9.90 Å². The van der Waals surface area contributed by atoms with Gasteiger partial charge in [0.05, 0.1) is 0 Å². The van der Waals surface area contributed by atoms with E-state index in [1.807, 2.05) is 20.8 Å². The minimum atomic E-state index is -0.669. The second kappa shape index (κ2) is 7.12. The van der Waals surface area contributed by atoms with Crippen molar-refractivity contribution in [3.05, 3.63) is 40.1 Å². The second-order valence-electron chi connectivity index (χ2n) is 8.81. The highest BCUT2D eigenvalue weighted by molar-refractivity contribution is 5.96. The zero-order valence-corrected chi connectivity index (χ0v) is 17.4. The standard InChI is InChI=1S/C20H25N7O3/c1-11-21-8-7-13(22-11)24-14-9-15-26(10-20(2,3)4)18(29)16(19(30)27(15)25-14)17(28)23-12-5-6-12/h7-9,12,29H,5-6,10H2,1-4H3,(H,23,28)(H,21,22,24,25). The van der Waals surface area contributed by atoms with Gasteiger partial charge in [-0.2, -0.15) is 4.52 Å². The van der Waals surface area contributed by atoms with Crippen LogP contribution in [-0.2, 0) is 6.54 Å². The van der Waals surface area contributed by atoms with E-state index in [9.17, 15) is 14.7 Å². The van der Waals surface area contributed by atoms with Crippen molar-refractivity contribution in [3.63, 3.8) is 0 Å². The van der Waals surface area contributed by atoms with Crippen molar-refractivity contribution in [2.24, 2.45) is 5.41 Å². The molecule has 10 nitrogen and oxygen atoms in total. The maximum atomic E-state index is 13.0. The van der Waals surface area contributed by atoms with Crippen LogP contribution in [0.15, 0.2) is 23.1 Å². The fourth-order valence-electron chi connectivity index (χ4n) is 3.19. The largest absolute Gasteiger partial charge is 0.494 e. The molecule has 1 aliphatic rings. The predicted molar refractivity (Wildman–Crippen MR) is 111 cm³/mol. The van der Waals surface area contributed by atoms with Gasteiger partial charge < -0.3 is 15.7 Å². The predicted octanol–water partition coefficient (Wildman–Crippen LogP) is 1.98. The molecule has 3 N–H and O–H groups in total. The van der Waals surface area contributed by atoms with Crippen molar-refractivity contribution in [1.82, 2.24) is 29.5 Å². The lowest BCUT2D eigenvalue weighted by atomic mass is 9.96. The van der Waals surface area contributed by atoms with Gasteiger partial charge in [-0.15, -0.1) is 5.10 Å². The van der Waals surface area contributed by atoms with Crippen LogP contribution in [0, 0.1) is 12.3 Å². The zero-order valence-electron chi connectivity index (χ0n) is 17.4. The average molecular weight is 411 g/mol. The number of anilines is 2. The topological polar surface area (TPSA) is 126 Å². The summed E-state index contributed by atoms with van der Waals surface area (Å²) in [6.45, 7) is 8.16. The Balaban J connectivity index is 1.85. The molecule has 3 aromatic heterocycles. The van der Waals surface area contributed by atoms with Crippen LogP contribution >= 0.6 is 0 Å². The van der Waals surface area contributed by atoms with E-state index in [0.29, 0.717) is 29.7 Å². The van der Waals surface area contributed by atoms with Gasteiger partial charge in [0.2, 0.25) is 5.88 Å². The summed E-state index contributed by atoms with van der Waals surface area (Å²) in [5.41, 5.74) is -0.814. The van der Waals surface area contributed by atoms with Gasteiger partial charge in [0.1, 0.15) is 17.3 Å². The van der Waals surface area contributed by atoms with E-state index in [2.05, 4.69) is 25.7 Å². The molecule has 0 aromatic carbocycles. The lowest BCUT2D eigenvalue weighted by Crippen LogP contribution is -2.35. The van der Waals surface area contributed by atoms with Gasteiger partial charge in [0.15, 0.2) is 11.4 Å². The number of rotatable bonds is 5. The first-order valence-corrected chi connectivity index (χ1v) is 9.85. The molecule has 4 rings (SSSR count). The summed E-state index contributed by atoms with van der Waals surface area (Å²) in [4.78, 5) is 34.1. The summed E-state index contributed by atoms with van der Waals surface area (Å²) in [7, 11) is 0. The fourth-order valence-corrected chi connectivity index (χ4v) is 3.19. The lowest BCUT2D eigenvalue weighted by Gasteiger charge is -2.23. The normalized spacial score (nSPS) is 14.1.